The summed E-state index contributed by atoms with van der Waals surface area (Å²) in [5, 5.41) is 0. The second-order valence-corrected chi connectivity index (χ2v) is 7.86. The molecule has 180 valence electrons. The van der Waals surface area contributed by atoms with Crippen molar-refractivity contribution in [2.24, 2.45) is 13.0 Å². The molecule has 0 unspecified atom stereocenters. The zero-order valence-electron chi connectivity index (χ0n) is 19.7. The fraction of sp³-hybridized carbons (Fsp3) is 0.478. The summed E-state index contributed by atoms with van der Waals surface area (Å²) in [5.41, 5.74) is 4.25. The Morgan fingerprint density at radius 2 is 1.79 bits per heavy atom. The number of anilines is 1. The molecule has 0 fully saturated rings. The lowest BCUT2D eigenvalue weighted by atomic mass is 10.2. The number of ketones is 1. The van der Waals surface area contributed by atoms with E-state index in [4.69, 9.17) is 19.9 Å². The van der Waals surface area contributed by atoms with Crippen LogP contribution in [0, 0.1) is 5.92 Å². The molecule has 10 nitrogen and oxygen atoms in total. The molecule has 2 rings (SSSR count). The number of hydrogen-bond donors (Lipinski definition) is 1. The molecule has 0 aliphatic heterocycles. The normalized spacial score (nSPS) is 10.8. The Hall–Kier alpha value is -3.56. The highest BCUT2D eigenvalue weighted by molar-refractivity contribution is 6.02. The van der Waals surface area contributed by atoms with Gasteiger partial charge in [0, 0.05) is 13.6 Å². The highest BCUT2D eigenvalue weighted by Crippen LogP contribution is 2.29. The van der Waals surface area contributed by atoms with E-state index in [1.54, 1.807) is 13.0 Å². The first-order valence-corrected chi connectivity index (χ1v) is 10.8. The smallest absolute Gasteiger partial charge is 0.338 e. The monoisotopic (exact) mass is 461 g/mol. The van der Waals surface area contributed by atoms with E-state index < -0.39 is 29.6 Å². The van der Waals surface area contributed by atoms with Crippen LogP contribution >= 0.6 is 0 Å². The second kappa shape index (κ2) is 11.3. The quantitative estimate of drug-likeness (QED) is 0.397. The highest BCUT2D eigenvalue weighted by atomic mass is 16.5. The van der Waals surface area contributed by atoms with Crippen molar-refractivity contribution >= 4 is 17.6 Å². The van der Waals surface area contributed by atoms with Gasteiger partial charge < -0.3 is 19.9 Å². The number of benzene rings is 1. The van der Waals surface area contributed by atoms with Crippen molar-refractivity contribution in [2.45, 2.75) is 40.7 Å². The maximum absolute atomic E-state index is 12.7. The van der Waals surface area contributed by atoms with E-state index in [9.17, 15) is 19.2 Å². The Balaban J connectivity index is 2.23. The third-order valence-corrected chi connectivity index (χ3v) is 4.70. The number of hydrogen-bond acceptors (Lipinski definition) is 8. The number of carbonyl (C=O) groups is 2. The van der Waals surface area contributed by atoms with Crippen molar-refractivity contribution in [3.05, 3.63) is 50.2 Å². The maximum atomic E-state index is 12.7. The molecule has 0 aliphatic rings. The van der Waals surface area contributed by atoms with Crippen LogP contribution in [0.4, 0.5) is 5.82 Å². The summed E-state index contributed by atoms with van der Waals surface area (Å²) >= 11 is 0. The van der Waals surface area contributed by atoms with Crippen molar-refractivity contribution < 1.29 is 23.8 Å². The number of nitrogens with two attached hydrogens (primary N) is 1. The van der Waals surface area contributed by atoms with Crippen LogP contribution in [-0.4, -0.2) is 40.7 Å². The van der Waals surface area contributed by atoms with E-state index >= 15 is 0 Å². The van der Waals surface area contributed by atoms with E-state index in [-0.39, 0.29) is 23.5 Å². The Kier molecular flexibility index (Phi) is 8.84. The van der Waals surface area contributed by atoms with Crippen molar-refractivity contribution in [3.63, 3.8) is 0 Å². The third kappa shape index (κ3) is 6.03. The predicted molar refractivity (Wildman–Crippen MR) is 123 cm³/mol. The molecule has 0 aliphatic carbocycles. The van der Waals surface area contributed by atoms with E-state index in [1.165, 1.54) is 19.2 Å². The van der Waals surface area contributed by atoms with Crippen molar-refractivity contribution in [3.8, 4) is 11.5 Å². The van der Waals surface area contributed by atoms with Crippen LogP contribution < -0.4 is 26.5 Å². The summed E-state index contributed by atoms with van der Waals surface area (Å²) in [6, 6.07) is 4.57. The SMILES string of the molecule is CCCn1c(N)c(C(=O)COC(=O)c2ccc(OCC(C)C)c(OCC)c2)c(=O)n(C)c1=O. The minimum absolute atomic E-state index is 0.153. The molecule has 0 spiro atoms. The fourth-order valence-electron chi connectivity index (χ4n) is 3.05. The van der Waals surface area contributed by atoms with E-state index in [2.05, 4.69) is 0 Å². The van der Waals surface area contributed by atoms with Crippen molar-refractivity contribution in [1.82, 2.24) is 9.13 Å². The number of esters is 1. The van der Waals surface area contributed by atoms with Gasteiger partial charge in [0.1, 0.15) is 11.4 Å². The fourth-order valence-corrected chi connectivity index (χ4v) is 3.05. The first kappa shape index (κ1) is 25.7. The lowest BCUT2D eigenvalue weighted by Crippen LogP contribution is -2.43. The van der Waals surface area contributed by atoms with Gasteiger partial charge in [0.2, 0.25) is 5.78 Å². The van der Waals surface area contributed by atoms with Gasteiger partial charge in [0.05, 0.1) is 18.8 Å². The van der Waals surface area contributed by atoms with Gasteiger partial charge in [-0.05, 0) is 37.5 Å². The van der Waals surface area contributed by atoms with E-state index in [0.717, 1.165) is 9.13 Å². The molecule has 0 saturated heterocycles. The summed E-state index contributed by atoms with van der Waals surface area (Å²) in [7, 11) is 1.26. The van der Waals surface area contributed by atoms with Crippen LogP contribution in [0.5, 0.6) is 11.5 Å². The second-order valence-electron chi connectivity index (χ2n) is 7.86. The summed E-state index contributed by atoms with van der Waals surface area (Å²) < 4.78 is 18.3. The number of nitrogens with zero attached hydrogens (tertiary/aromatic N) is 2. The van der Waals surface area contributed by atoms with Crippen LogP contribution in [0.25, 0.3) is 0 Å². The number of Topliss-reactive ketones (excluding diaryl/α,β-unsaturated/α-hetero) is 1. The van der Waals surface area contributed by atoms with Crippen molar-refractivity contribution in [2.75, 3.05) is 25.6 Å². The lowest BCUT2D eigenvalue weighted by Gasteiger charge is -2.15. The minimum Gasteiger partial charge on any atom is -0.490 e. The first-order chi connectivity index (χ1) is 15.6. The number of rotatable bonds is 11. The maximum Gasteiger partial charge on any atom is 0.338 e. The molecule has 0 amide bonds. The zero-order chi connectivity index (χ0) is 24.7. The summed E-state index contributed by atoms with van der Waals surface area (Å²) in [4.78, 5) is 49.9. The molecule has 1 aromatic heterocycles. The van der Waals surface area contributed by atoms with Crippen molar-refractivity contribution in [1.29, 1.82) is 0 Å². The van der Waals surface area contributed by atoms with E-state index in [0.29, 0.717) is 37.1 Å². The minimum atomic E-state index is -0.837. The summed E-state index contributed by atoms with van der Waals surface area (Å²) in [6.07, 6.45) is 0.573. The molecule has 1 aromatic carbocycles. The molecular formula is C23H31N3O7. The van der Waals surface area contributed by atoms with Gasteiger partial charge >= 0.3 is 11.7 Å². The number of ether oxygens (including phenoxy) is 3. The van der Waals surface area contributed by atoms with Gasteiger partial charge in [-0.15, -0.1) is 0 Å². The molecule has 0 atom stereocenters. The summed E-state index contributed by atoms with van der Waals surface area (Å²) in [6.45, 7) is 8.03. The largest absolute Gasteiger partial charge is 0.490 e. The first-order valence-electron chi connectivity index (χ1n) is 10.8. The van der Waals surface area contributed by atoms with Crippen LogP contribution in [0.1, 0.15) is 54.8 Å². The Morgan fingerprint density at radius 1 is 1.09 bits per heavy atom. The lowest BCUT2D eigenvalue weighted by molar-refractivity contribution is 0.0473. The van der Waals surface area contributed by atoms with E-state index in [1.807, 2.05) is 20.8 Å². The molecule has 2 aromatic rings. The highest BCUT2D eigenvalue weighted by Gasteiger charge is 2.23. The Morgan fingerprint density at radius 3 is 2.39 bits per heavy atom. The van der Waals surface area contributed by atoms with Gasteiger partial charge in [-0.1, -0.05) is 20.8 Å². The topological polar surface area (TPSA) is 132 Å². The molecule has 0 radical (unpaired) electrons. The van der Waals surface area contributed by atoms with Gasteiger partial charge in [0.25, 0.3) is 5.56 Å². The third-order valence-electron chi connectivity index (χ3n) is 4.70. The summed E-state index contributed by atoms with van der Waals surface area (Å²) in [5.74, 6) is -0.639. The van der Waals surface area contributed by atoms with Gasteiger partial charge in [0.15, 0.2) is 18.1 Å². The van der Waals surface area contributed by atoms with Crippen LogP contribution in [0.15, 0.2) is 27.8 Å². The Bertz CT molecular complexity index is 1130. The zero-order valence-corrected chi connectivity index (χ0v) is 19.7. The van der Waals surface area contributed by atoms with Gasteiger partial charge in [-0.2, -0.15) is 0 Å². The molecule has 2 N–H and O–H groups in total. The molecule has 0 bridgehead atoms. The number of aromatic nitrogens is 2. The molecule has 0 saturated carbocycles. The van der Waals surface area contributed by atoms with Gasteiger partial charge in [-0.3, -0.25) is 18.7 Å². The van der Waals surface area contributed by atoms with Crippen LogP contribution in [-0.2, 0) is 18.3 Å². The number of nitrogen functional groups attached to an aromatic ring is 1. The van der Waals surface area contributed by atoms with Crippen LogP contribution in [0.3, 0.4) is 0 Å². The van der Waals surface area contributed by atoms with Crippen LogP contribution in [0.2, 0.25) is 0 Å². The standard InChI is InChI=1S/C23H31N3O7/c1-6-10-26-20(24)19(21(28)25(5)23(26)30)16(27)13-33-22(29)15-8-9-17(32-12-14(3)4)18(11-15)31-7-2/h8-9,11,14H,6-7,10,12-13,24H2,1-5H3. The molecular weight excluding hydrogens is 430 g/mol. The van der Waals surface area contributed by atoms with Gasteiger partial charge in [-0.25, -0.2) is 9.59 Å². The number of carbonyl (C=O) groups excluding carboxylic acids is 2. The molecule has 10 heteroatoms. The molecule has 1 heterocycles. The average Bonchev–Trinajstić information content (AvgIpc) is 2.78. The predicted octanol–water partition coefficient (Wildman–Crippen LogP) is 2.01. The molecule has 33 heavy (non-hydrogen) atoms. The average molecular weight is 462 g/mol. The Labute approximate surface area is 191 Å².